The first-order chi connectivity index (χ1) is 12.1. The molecule has 0 radical (unpaired) electrons. The number of hydrogen-bond acceptors (Lipinski definition) is 3. The molecule has 5 heteroatoms. The number of benzene rings is 2. The number of carbonyl (C=O) groups is 1. The molecule has 1 aliphatic carbocycles. The fraction of sp³-hybridized carbons (Fsp3) is 0.200. The molecule has 0 aliphatic heterocycles. The van der Waals surface area contributed by atoms with Crippen molar-refractivity contribution in [2.45, 2.75) is 12.8 Å². The Morgan fingerprint density at radius 1 is 1.16 bits per heavy atom. The van der Waals surface area contributed by atoms with Crippen LogP contribution in [0.15, 0.2) is 48.7 Å². The highest BCUT2D eigenvalue weighted by Crippen LogP contribution is 2.30. The Bertz CT molecular complexity index is 966. The molecule has 1 heterocycles. The van der Waals surface area contributed by atoms with Crippen LogP contribution in [0.3, 0.4) is 0 Å². The van der Waals surface area contributed by atoms with Crippen LogP contribution in [-0.4, -0.2) is 17.4 Å². The van der Waals surface area contributed by atoms with Crippen molar-refractivity contribution in [1.29, 1.82) is 0 Å². The van der Waals surface area contributed by atoms with Crippen LogP contribution in [0, 0.1) is 11.7 Å². The summed E-state index contributed by atoms with van der Waals surface area (Å²) in [5, 5.41) is 4.40. The minimum Gasteiger partial charge on any atom is -0.383 e. The van der Waals surface area contributed by atoms with Crippen LogP contribution in [-0.2, 0) is 0 Å². The topological polar surface area (TPSA) is 68.0 Å². The Morgan fingerprint density at radius 3 is 2.72 bits per heavy atom. The molecule has 4 rings (SSSR count). The number of nitrogen functional groups attached to an aromatic ring is 1. The monoisotopic (exact) mass is 335 g/mol. The van der Waals surface area contributed by atoms with Gasteiger partial charge in [0.1, 0.15) is 11.6 Å². The summed E-state index contributed by atoms with van der Waals surface area (Å²) in [6, 6.07) is 11.9. The van der Waals surface area contributed by atoms with Gasteiger partial charge in [0.05, 0.1) is 5.56 Å². The first-order valence-electron chi connectivity index (χ1n) is 8.34. The number of hydrogen-bond donors (Lipinski definition) is 2. The molecule has 25 heavy (non-hydrogen) atoms. The Kier molecular flexibility index (Phi) is 3.84. The van der Waals surface area contributed by atoms with E-state index in [-0.39, 0.29) is 11.7 Å². The van der Waals surface area contributed by atoms with Crippen molar-refractivity contribution < 1.29 is 9.18 Å². The highest BCUT2D eigenvalue weighted by Gasteiger charge is 2.22. The molecule has 1 amide bonds. The van der Waals surface area contributed by atoms with E-state index < -0.39 is 0 Å². The van der Waals surface area contributed by atoms with Crippen molar-refractivity contribution in [2.24, 2.45) is 5.92 Å². The molecule has 1 aromatic heterocycles. The smallest absolute Gasteiger partial charge is 0.253 e. The number of pyridine rings is 1. The third kappa shape index (κ3) is 3.18. The summed E-state index contributed by atoms with van der Waals surface area (Å²) in [7, 11) is 0. The van der Waals surface area contributed by atoms with Crippen molar-refractivity contribution in [1.82, 2.24) is 10.3 Å². The highest BCUT2D eigenvalue weighted by molar-refractivity contribution is 6.09. The lowest BCUT2D eigenvalue weighted by molar-refractivity contribution is 0.0953. The first-order valence-corrected chi connectivity index (χ1v) is 8.34. The van der Waals surface area contributed by atoms with Crippen LogP contribution in [0.5, 0.6) is 0 Å². The maximum atomic E-state index is 13.5. The van der Waals surface area contributed by atoms with Crippen LogP contribution in [0.1, 0.15) is 23.2 Å². The van der Waals surface area contributed by atoms with Crippen molar-refractivity contribution in [3.8, 4) is 11.1 Å². The van der Waals surface area contributed by atoms with E-state index in [1.54, 1.807) is 6.07 Å². The zero-order valence-corrected chi connectivity index (χ0v) is 13.6. The third-order valence-corrected chi connectivity index (χ3v) is 4.57. The van der Waals surface area contributed by atoms with Crippen LogP contribution in [0.4, 0.5) is 10.2 Å². The second kappa shape index (κ2) is 6.16. The Labute approximate surface area is 144 Å². The first kappa shape index (κ1) is 15.6. The summed E-state index contributed by atoms with van der Waals surface area (Å²) in [6.45, 7) is 0.700. The van der Waals surface area contributed by atoms with Crippen molar-refractivity contribution in [2.75, 3.05) is 12.3 Å². The van der Waals surface area contributed by atoms with Gasteiger partial charge in [0, 0.05) is 18.1 Å². The minimum absolute atomic E-state index is 0.136. The van der Waals surface area contributed by atoms with Crippen molar-refractivity contribution >= 4 is 22.5 Å². The quantitative estimate of drug-likeness (QED) is 0.763. The molecule has 3 aromatic rings. The molecule has 2 aromatic carbocycles. The summed E-state index contributed by atoms with van der Waals surface area (Å²) in [5.41, 5.74) is 8.11. The van der Waals surface area contributed by atoms with Gasteiger partial charge in [0.2, 0.25) is 0 Å². The van der Waals surface area contributed by atoms with Gasteiger partial charge in [-0.1, -0.05) is 24.3 Å². The number of aromatic nitrogens is 1. The van der Waals surface area contributed by atoms with E-state index in [1.165, 1.54) is 31.2 Å². The van der Waals surface area contributed by atoms with Crippen LogP contribution in [0.25, 0.3) is 21.9 Å². The second-order valence-electron chi connectivity index (χ2n) is 6.48. The van der Waals surface area contributed by atoms with Crippen LogP contribution >= 0.6 is 0 Å². The van der Waals surface area contributed by atoms with E-state index >= 15 is 0 Å². The molecule has 4 nitrogen and oxygen atoms in total. The lowest BCUT2D eigenvalue weighted by Gasteiger charge is -2.11. The Balaban J connectivity index is 1.74. The number of fused-ring (bicyclic) bond motifs is 1. The molecule has 0 unspecified atom stereocenters. The summed E-state index contributed by atoms with van der Waals surface area (Å²) >= 11 is 0. The molecule has 1 aliphatic rings. The predicted octanol–water partition coefficient (Wildman–Crippen LogP) is 3.76. The van der Waals surface area contributed by atoms with Gasteiger partial charge in [0.25, 0.3) is 5.91 Å². The van der Waals surface area contributed by atoms with Gasteiger partial charge in [-0.2, -0.15) is 0 Å². The Hall–Kier alpha value is -2.95. The maximum Gasteiger partial charge on any atom is 0.253 e. The second-order valence-corrected chi connectivity index (χ2v) is 6.48. The SMILES string of the molecule is Nc1ncc(C(=O)NCC2CC2)c2ccc(-c3cccc(F)c3)cc12. The minimum atomic E-state index is -0.295. The van der Waals surface area contributed by atoms with Gasteiger partial charge in [-0.25, -0.2) is 9.37 Å². The summed E-state index contributed by atoms with van der Waals surface area (Å²) < 4.78 is 13.5. The van der Waals surface area contributed by atoms with Crippen molar-refractivity contribution in [3.63, 3.8) is 0 Å². The molecule has 0 saturated heterocycles. The number of nitrogens with one attached hydrogen (secondary N) is 1. The van der Waals surface area contributed by atoms with E-state index in [0.29, 0.717) is 29.2 Å². The molecule has 0 atom stereocenters. The van der Waals surface area contributed by atoms with Crippen LogP contribution in [0.2, 0.25) is 0 Å². The highest BCUT2D eigenvalue weighted by atomic mass is 19.1. The number of nitrogens with zero attached hydrogens (tertiary/aromatic N) is 1. The number of anilines is 1. The zero-order valence-electron chi connectivity index (χ0n) is 13.6. The van der Waals surface area contributed by atoms with E-state index in [1.807, 2.05) is 24.3 Å². The van der Waals surface area contributed by atoms with Gasteiger partial charge in [-0.05, 0) is 53.5 Å². The maximum absolute atomic E-state index is 13.5. The molecule has 0 spiro atoms. The number of halogens is 1. The predicted molar refractivity (Wildman–Crippen MR) is 96.6 cm³/mol. The lowest BCUT2D eigenvalue weighted by atomic mass is 9.99. The number of carbonyl (C=O) groups excluding carboxylic acids is 1. The molecule has 1 fully saturated rings. The van der Waals surface area contributed by atoms with Gasteiger partial charge >= 0.3 is 0 Å². The van der Waals surface area contributed by atoms with E-state index in [4.69, 9.17) is 5.73 Å². The van der Waals surface area contributed by atoms with Gasteiger partial charge in [-0.3, -0.25) is 4.79 Å². The van der Waals surface area contributed by atoms with E-state index in [2.05, 4.69) is 10.3 Å². The summed E-state index contributed by atoms with van der Waals surface area (Å²) in [5.74, 6) is 0.531. The Morgan fingerprint density at radius 2 is 1.96 bits per heavy atom. The number of rotatable bonds is 4. The van der Waals surface area contributed by atoms with E-state index in [9.17, 15) is 9.18 Å². The summed E-state index contributed by atoms with van der Waals surface area (Å²) in [6.07, 6.45) is 3.87. The fourth-order valence-electron chi connectivity index (χ4n) is 2.95. The van der Waals surface area contributed by atoms with Gasteiger partial charge in [0.15, 0.2) is 0 Å². The standard InChI is InChI=1S/C20H18FN3O/c21-15-3-1-2-13(8-15)14-6-7-16-17(9-14)19(22)23-11-18(16)20(25)24-10-12-4-5-12/h1-3,6-9,11-12H,4-5,10H2,(H2,22,23)(H,24,25). The normalized spacial score (nSPS) is 13.8. The van der Waals surface area contributed by atoms with Crippen molar-refractivity contribution in [3.05, 3.63) is 60.0 Å². The van der Waals surface area contributed by atoms with E-state index in [0.717, 1.165) is 16.5 Å². The van der Waals surface area contributed by atoms with Gasteiger partial charge < -0.3 is 11.1 Å². The molecule has 1 saturated carbocycles. The average Bonchev–Trinajstić information content (AvgIpc) is 3.44. The van der Waals surface area contributed by atoms with Gasteiger partial charge in [-0.15, -0.1) is 0 Å². The number of nitrogens with two attached hydrogens (primary N) is 1. The lowest BCUT2D eigenvalue weighted by Crippen LogP contribution is -2.26. The molecular weight excluding hydrogens is 317 g/mol. The molecular formula is C20H18FN3O. The third-order valence-electron chi connectivity index (χ3n) is 4.57. The molecule has 3 N–H and O–H groups in total. The zero-order chi connectivity index (χ0) is 17.4. The molecule has 126 valence electrons. The largest absolute Gasteiger partial charge is 0.383 e. The average molecular weight is 335 g/mol. The molecule has 0 bridgehead atoms. The fourth-order valence-corrected chi connectivity index (χ4v) is 2.95. The van der Waals surface area contributed by atoms with Crippen LogP contribution < -0.4 is 11.1 Å². The number of amides is 1. The summed E-state index contributed by atoms with van der Waals surface area (Å²) in [4.78, 5) is 16.6.